The van der Waals surface area contributed by atoms with Crippen LogP contribution in [0.3, 0.4) is 0 Å². The van der Waals surface area contributed by atoms with Gasteiger partial charge in [-0.2, -0.15) is 4.31 Å². The van der Waals surface area contributed by atoms with Crippen molar-refractivity contribution in [2.24, 2.45) is 0 Å². The zero-order valence-electron chi connectivity index (χ0n) is 16.3. The molecule has 146 valence electrons. The normalized spacial score (nSPS) is 15.7. The molecule has 0 atom stereocenters. The van der Waals surface area contributed by atoms with E-state index in [2.05, 4.69) is 5.32 Å². The Kier molecular flexibility index (Phi) is 5.44. The molecule has 1 aliphatic heterocycles. The predicted molar refractivity (Wildman–Crippen MR) is 105 cm³/mol. The topological polar surface area (TPSA) is 79.6 Å². The highest BCUT2D eigenvalue weighted by atomic mass is 32.2. The maximum Gasteiger partial charge on any atom is 0.259 e. The summed E-state index contributed by atoms with van der Waals surface area (Å²) in [4.78, 5) is 12.9. The summed E-state index contributed by atoms with van der Waals surface area (Å²) in [5.74, 6) is 0.956. The maximum absolute atomic E-state index is 13.0. The van der Waals surface area contributed by atoms with Crippen molar-refractivity contribution >= 4 is 21.6 Å². The Balaban J connectivity index is 1.90. The third kappa shape index (κ3) is 3.80. The van der Waals surface area contributed by atoms with E-state index in [0.717, 1.165) is 24.8 Å². The van der Waals surface area contributed by atoms with Crippen molar-refractivity contribution in [3.8, 4) is 0 Å². The molecule has 2 aromatic rings. The number of anilines is 1. The average Bonchev–Trinajstić information content (AvgIpc) is 2.89. The van der Waals surface area contributed by atoms with Crippen molar-refractivity contribution in [2.45, 2.75) is 51.9 Å². The van der Waals surface area contributed by atoms with Gasteiger partial charge in [-0.15, -0.1) is 0 Å². The van der Waals surface area contributed by atoms with E-state index >= 15 is 0 Å². The molecule has 0 radical (unpaired) electrons. The Bertz CT molecular complexity index is 970. The summed E-state index contributed by atoms with van der Waals surface area (Å²) in [6.45, 7) is 8.26. The first-order chi connectivity index (χ1) is 12.7. The van der Waals surface area contributed by atoms with Crippen LogP contribution in [0.2, 0.25) is 0 Å². The van der Waals surface area contributed by atoms with Crippen LogP contribution in [0.4, 0.5) is 5.69 Å². The smallest absolute Gasteiger partial charge is 0.259 e. The van der Waals surface area contributed by atoms with Crippen molar-refractivity contribution in [2.75, 3.05) is 18.4 Å². The molecule has 7 heteroatoms. The number of nitrogens with one attached hydrogen (secondary N) is 1. The number of furan rings is 1. The lowest BCUT2D eigenvalue weighted by Crippen LogP contribution is -2.36. The number of rotatable bonds is 4. The molecule has 1 fully saturated rings. The summed E-state index contributed by atoms with van der Waals surface area (Å²) < 4.78 is 33.1. The van der Waals surface area contributed by atoms with Crippen molar-refractivity contribution in [1.82, 2.24) is 4.31 Å². The highest BCUT2D eigenvalue weighted by Crippen LogP contribution is 2.27. The molecular formula is C20H26N2O4S. The van der Waals surface area contributed by atoms with Gasteiger partial charge in [0.15, 0.2) is 0 Å². The molecule has 1 aromatic carbocycles. The second-order valence-corrected chi connectivity index (χ2v) is 9.02. The van der Waals surface area contributed by atoms with Crippen molar-refractivity contribution in [3.05, 3.63) is 46.4 Å². The van der Waals surface area contributed by atoms with Crippen LogP contribution >= 0.6 is 0 Å². The summed E-state index contributed by atoms with van der Waals surface area (Å²) >= 11 is 0. The monoisotopic (exact) mass is 390 g/mol. The molecule has 0 saturated carbocycles. The number of aryl methyl sites for hydroxylation is 3. The fourth-order valence-electron chi connectivity index (χ4n) is 3.52. The van der Waals surface area contributed by atoms with E-state index in [0.29, 0.717) is 41.4 Å². The fourth-order valence-corrected chi connectivity index (χ4v) is 5.29. The number of piperidine rings is 1. The average molecular weight is 391 g/mol. The number of hydrogen-bond acceptors (Lipinski definition) is 4. The van der Waals surface area contributed by atoms with E-state index in [4.69, 9.17) is 4.42 Å². The Morgan fingerprint density at radius 2 is 1.70 bits per heavy atom. The van der Waals surface area contributed by atoms with Crippen LogP contribution in [0.1, 0.15) is 52.3 Å². The molecule has 2 heterocycles. The maximum atomic E-state index is 13.0. The Labute approximate surface area is 160 Å². The highest BCUT2D eigenvalue weighted by Gasteiger charge is 2.28. The Morgan fingerprint density at radius 3 is 2.30 bits per heavy atom. The van der Waals surface area contributed by atoms with Gasteiger partial charge in [0.25, 0.3) is 5.91 Å². The molecule has 1 aromatic heterocycles. The van der Waals surface area contributed by atoms with Crippen molar-refractivity contribution < 1.29 is 17.6 Å². The fraction of sp³-hybridized carbons (Fsp3) is 0.450. The van der Waals surface area contributed by atoms with Gasteiger partial charge in [-0.1, -0.05) is 12.5 Å². The van der Waals surface area contributed by atoms with E-state index in [1.54, 1.807) is 32.0 Å². The van der Waals surface area contributed by atoms with Crippen LogP contribution in [0.25, 0.3) is 0 Å². The minimum absolute atomic E-state index is 0.249. The van der Waals surface area contributed by atoms with Crippen LogP contribution in [-0.2, 0) is 10.0 Å². The van der Waals surface area contributed by atoms with Crippen LogP contribution in [-0.4, -0.2) is 31.7 Å². The number of nitrogens with zero attached hydrogens (tertiary/aromatic N) is 1. The third-order valence-corrected chi connectivity index (χ3v) is 7.21. The molecule has 1 aliphatic rings. The number of benzene rings is 1. The molecule has 1 amide bonds. The van der Waals surface area contributed by atoms with Crippen LogP contribution in [0, 0.1) is 27.7 Å². The lowest BCUT2D eigenvalue weighted by molar-refractivity contribution is 0.102. The van der Waals surface area contributed by atoms with Crippen molar-refractivity contribution in [3.63, 3.8) is 0 Å². The molecule has 27 heavy (non-hydrogen) atoms. The summed E-state index contributed by atoms with van der Waals surface area (Å²) in [5, 5.41) is 2.81. The molecular weight excluding hydrogens is 364 g/mol. The van der Waals surface area contributed by atoms with Crippen LogP contribution in [0.15, 0.2) is 27.5 Å². The second kappa shape index (κ2) is 7.48. The zero-order chi connectivity index (χ0) is 19.8. The summed E-state index contributed by atoms with van der Waals surface area (Å²) in [6, 6.07) is 5.00. The molecule has 1 saturated heterocycles. The number of carbonyl (C=O) groups excluding carboxylic acids is 1. The number of sulfonamides is 1. The molecule has 0 bridgehead atoms. The number of amides is 1. The second-order valence-electron chi connectivity index (χ2n) is 7.11. The Morgan fingerprint density at radius 1 is 1.04 bits per heavy atom. The minimum Gasteiger partial charge on any atom is -0.466 e. The molecule has 6 nitrogen and oxygen atoms in total. The van der Waals surface area contributed by atoms with Gasteiger partial charge in [-0.3, -0.25) is 4.79 Å². The SMILES string of the molecule is Cc1ccc(NC(=O)c2c(C)oc(C)c2C)cc1S(=O)(=O)N1CCCCC1. The predicted octanol–water partition coefficient (Wildman–Crippen LogP) is 3.94. The quantitative estimate of drug-likeness (QED) is 0.857. The van der Waals surface area contributed by atoms with Gasteiger partial charge in [0, 0.05) is 24.3 Å². The van der Waals surface area contributed by atoms with E-state index in [1.165, 1.54) is 4.31 Å². The first-order valence-corrected chi connectivity index (χ1v) is 10.6. The van der Waals surface area contributed by atoms with Crippen molar-refractivity contribution in [1.29, 1.82) is 0 Å². The lowest BCUT2D eigenvalue weighted by Gasteiger charge is -2.26. The molecule has 1 N–H and O–H groups in total. The first kappa shape index (κ1) is 19.6. The van der Waals surface area contributed by atoms with E-state index in [-0.39, 0.29) is 10.8 Å². The summed E-state index contributed by atoms with van der Waals surface area (Å²) in [6.07, 6.45) is 2.82. The van der Waals surface area contributed by atoms with Crippen LogP contribution in [0.5, 0.6) is 0 Å². The molecule has 3 rings (SSSR count). The third-order valence-electron chi connectivity index (χ3n) is 5.17. The zero-order valence-corrected chi connectivity index (χ0v) is 17.1. The van der Waals surface area contributed by atoms with E-state index < -0.39 is 10.0 Å². The Hall–Kier alpha value is -2.12. The molecule has 0 spiro atoms. The molecule has 0 aliphatic carbocycles. The highest BCUT2D eigenvalue weighted by molar-refractivity contribution is 7.89. The van der Waals surface area contributed by atoms with Gasteiger partial charge in [0.1, 0.15) is 11.5 Å². The minimum atomic E-state index is -3.56. The van der Waals surface area contributed by atoms with Gasteiger partial charge in [0.05, 0.1) is 10.5 Å². The van der Waals surface area contributed by atoms with E-state index in [1.807, 2.05) is 13.8 Å². The largest absolute Gasteiger partial charge is 0.466 e. The summed E-state index contributed by atoms with van der Waals surface area (Å²) in [5.41, 5.74) is 2.41. The van der Waals surface area contributed by atoms with Gasteiger partial charge in [-0.05, 0) is 58.2 Å². The first-order valence-electron chi connectivity index (χ1n) is 9.20. The van der Waals surface area contributed by atoms with Gasteiger partial charge in [0.2, 0.25) is 10.0 Å². The molecule has 0 unspecified atom stereocenters. The summed E-state index contributed by atoms with van der Waals surface area (Å²) in [7, 11) is -3.56. The lowest BCUT2D eigenvalue weighted by atomic mass is 10.1. The number of carbonyl (C=O) groups is 1. The number of hydrogen-bond donors (Lipinski definition) is 1. The van der Waals surface area contributed by atoms with Gasteiger partial charge >= 0.3 is 0 Å². The van der Waals surface area contributed by atoms with Gasteiger partial charge in [-0.25, -0.2) is 8.42 Å². The van der Waals surface area contributed by atoms with Gasteiger partial charge < -0.3 is 9.73 Å². The standard InChI is InChI=1S/C20H26N2O4S/c1-13-8-9-17(21-20(23)19-14(2)15(3)26-16(19)4)12-18(13)27(24,25)22-10-6-5-7-11-22/h8-9,12H,5-7,10-11H2,1-4H3,(H,21,23). The van der Waals surface area contributed by atoms with Crippen LogP contribution < -0.4 is 5.32 Å². The van der Waals surface area contributed by atoms with E-state index in [9.17, 15) is 13.2 Å².